The molecule has 28 heavy (non-hydrogen) atoms. The van der Waals surface area contributed by atoms with E-state index in [-0.39, 0.29) is 0 Å². The van der Waals surface area contributed by atoms with Crippen LogP contribution < -0.4 is 15.4 Å². The zero-order valence-electron chi connectivity index (χ0n) is 17.6. The van der Waals surface area contributed by atoms with Crippen LogP contribution in [0.2, 0.25) is 0 Å². The number of hydrogen-bond donors (Lipinski definition) is 2. The van der Waals surface area contributed by atoms with Crippen LogP contribution in [0.1, 0.15) is 43.7 Å². The normalized spacial score (nSPS) is 19.7. The van der Waals surface area contributed by atoms with E-state index < -0.39 is 0 Å². The zero-order chi connectivity index (χ0) is 19.6. The molecule has 2 heterocycles. The quantitative estimate of drug-likeness (QED) is 0.387. The lowest BCUT2D eigenvalue weighted by atomic mass is 10.1. The van der Waals surface area contributed by atoms with Crippen LogP contribution in [-0.2, 0) is 0 Å². The first-order chi connectivity index (χ1) is 13.8. The van der Waals surface area contributed by atoms with Crippen molar-refractivity contribution in [2.75, 3.05) is 60.0 Å². The molecule has 0 bridgehead atoms. The standard InChI is InChI=1S/C22H37N5O/c1-23-22(24-12-7-15-26-13-3-4-14-26)25-18-21(27-16-5-6-17-27)19-8-10-20(28-2)11-9-19/h8-11,21H,3-7,12-18H2,1-2H3,(H2,23,24,25). The average Bonchev–Trinajstić information content (AvgIpc) is 3.44. The highest BCUT2D eigenvalue weighted by molar-refractivity contribution is 5.79. The second-order valence-corrected chi connectivity index (χ2v) is 7.81. The summed E-state index contributed by atoms with van der Waals surface area (Å²) in [6.45, 7) is 7.89. The number of guanidine groups is 1. The Hall–Kier alpha value is -1.79. The maximum absolute atomic E-state index is 5.32. The van der Waals surface area contributed by atoms with Crippen molar-refractivity contribution in [1.29, 1.82) is 0 Å². The van der Waals surface area contributed by atoms with Gasteiger partial charge >= 0.3 is 0 Å². The molecule has 2 N–H and O–H groups in total. The van der Waals surface area contributed by atoms with Crippen molar-refractivity contribution in [3.63, 3.8) is 0 Å². The Kier molecular flexibility index (Phi) is 8.42. The van der Waals surface area contributed by atoms with Gasteiger partial charge in [-0.2, -0.15) is 0 Å². The van der Waals surface area contributed by atoms with Crippen molar-refractivity contribution in [2.45, 2.75) is 38.1 Å². The van der Waals surface area contributed by atoms with Gasteiger partial charge in [-0.1, -0.05) is 12.1 Å². The minimum absolute atomic E-state index is 0.358. The van der Waals surface area contributed by atoms with E-state index in [1.54, 1.807) is 7.11 Å². The van der Waals surface area contributed by atoms with Crippen molar-refractivity contribution in [1.82, 2.24) is 20.4 Å². The molecule has 2 aliphatic rings. The summed E-state index contributed by atoms with van der Waals surface area (Å²) in [6.07, 6.45) is 6.46. The Labute approximate surface area is 170 Å². The molecular weight excluding hydrogens is 350 g/mol. The van der Waals surface area contributed by atoms with Gasteiger partial charge in [0, 0.05) is 20.1 Å². The van der Waals surface area contributed by atoms with E-state index in [1.807, 2.05) is 7.05 Å². The van der Waals surface area contributed by atoms with Crippen molar-refractivity contribution in [2.24, 2.45) is 4.99 Å². The SMILES string of the molecule is CN=C(NCCCN1CCCC1)NCC(c1ccc(OC)cc1)N1CCCC1. The summed E-state index contributed by atoms with van der Waals surface area (Å²) in [6, 6.07) is 8.86. The molecule has 6 nitrogen and oxygen atoms in total. The summed E-state index contributed by atoms with van der Waals surface area (Å²) in [7, 11) is 3.57. The fraction of sp³-hybridized carbons (Fsp3) is 0.682. The molecule has 0 spiro atoms. The van der Waals surface area contributed by atoms with Crippen molar-refractivity contribution in [3.8, 4) is 5.75 Å². The molecule has 1 aromatic rings. The molecule has 2 fully saturated rings. The summed E-state index contributed by atoms with van der Waals surface area (Å²) in [5.41, 5.74) is 1.33. The van der Waals surface area contributed by atoms with Crippen molar-refractivity contribution in [3.05, 3.63) is 29.8 Å². The molecule has 0 amide bonds. The third-order valence-corrected chi connectivity index (χ3v) is 5.91. The van der Waals surface area contributed by atoms with Crippen LogP contribution >= 0.6 is 0 Å². The first kappa shape index (κ1) is 20.9. The Morgan fingerprint density at radius 3 is 2.36 bits per heavy atom. The molecule has 3 rings (SSSR count). The summed E-state index contributed by atoms with van der Waals surface area (Å²) in [4.78, 5) is 9.56. The molecule has 2 aliphatic heterocycles. The molecule has 1 aromatic carbocycles. The summed E-state index contributed by atoms with van der Waals surface area (Å²) in [5.74, 6) is 1.81. The summed E-state index contributed by atoms with van der Waals surface area (Å²) >= 11 is 0. The van der Waals surface area contributed by atoms with Gasteiger partial charge in [0.05, 0.1) is 13.2 Å². The van der Waals surface area contributed by atoms with Gasteiger partial charge in [-0.15, -0.1) is 0 Å². The van der Waals surface area contributed by atoms with Gasteiger partial charge in [0.15, 0.2) is 5.96 Å². The predicted molar refractivity (Wildman–Crippen MR) is 116 cm³/mol. The maximum atomic E-state index is 5.32. The van der Waals surface area contributed by atoms with Crippen molar-refractivity contribution < 1.29 is 4.74 Å². The fourth-order valence-corrected chi connectivity index (χ4v) is 4.27. The third-order valence-electron chi connectivity index (χ3n) is 5.91. The second-order valence-electron chi connectivity index (χ2n) is 7.81. The lowest BCUT2D eigenvalue weighted by Crippen LogP contribution is -2.43. The van der Waals surface area contributed by atoms with Gasteiger partial charge in [-0.05, 0) is 82.5 Å². The second kappa shape index (κ2) is 11.3. The monoisotopic (exact) mass is 387 g/mol. The number of aliphatic imine (C=N–C) groups is 1. The first-order valence-corrected chi connectivity index (χ1v) is 10.8. The molecule has 0 saturated carbocycles. The summed E-state index contributed by atoms with van der Waals surface area (Å²) in [5, 5.41) is 7.04. The number of nitrogens with one attached hydrogen (secondary N) is 2. The van der Waals surface area contributed by atoms with Crippen LogP contribution in [0.15, 0.2) is 29.3 Å². The van der Waals surface area contributed by atoms with Gasteiger partial charge in [0.2, 0.25) is 0 Å². The molecule has 2 saturated heterocycles. The molecule has 6 heteroatoms. The van der Waals surface area contributed by atoms with Gasteiger partial charge in [-0.25, -0.2) is 0 Å². The molecule has 0 aromatic heterocycles. The predicted octanol–water partition coefficient (Wildman–Crippen LogP) is 2.48. The van der Waals surface area contributed by atoms with E-state index in [2.05, 4.69) is 49.7 Å². The topological polar surface area (TPSA) is 52.1 Å². The number of methoxy groups -OCH3 is 1. The van der Waals surface area contributed by atoms with E-state index in [0.29, 0.717) is 6.04 Å². The molecule has 1 unspecified atom stereocenters. The average molecular weight is 388 g/mol. The number of nitrogens with zero attached hydrogens (tertiary/aromatic N) is 3. The minimum atomic E-state index is 0.358. The minimum Gasteiger partial charge on any atom is -0.497 e. The molecule has 1 atom stereocenters. The first-order valence-electron chi connectivity index (χ1n) is 10.8. The Balaban J connectivity index is 1.49. The van der Waals surface area contributed by atoms with Crippen LogP contribution in [0.3, 0.4) is 0 Å². The highest BCUT2D eigenvalue weighted by Gasteiger charge is 2.23. The molecule has 0 radical (unpaired) electrons. The van der Waals surface area contributed by atoms with Crippen LogP contribution in [0.5, 0.6) is 5.75 Å². The van der Waals surface area contributed by atoms with Crippen molar-refractivity contribution >= 4 is 5.96 Å². The highest BCUT2D eigenvalue weighted by atomic mass is 16.5. The van der Waals surface area contributed by atoms with Crippen LogP contribution in [-0.4, -0.2) is 75.7 Å². The van der Waals surface area contributed by atoms with Crippen LogP contribution in [0.25, 0.3) is 0 Å². The van der Waals surface area contributed by atoms with E-state index in [0.717, 1.165) is 31.2 Å². The number of benzene rings is 1. The maximum Gasteiger partial charge on any atom is 0.191 e. The zero-order valence-corrected chi connectivity index (χ0v) is 17.6. The Bertz CT molecular complexity index is 591. The molecule has 156 valence electrons. The fourth-order valence-electron chi connectivity index (χ4n) is 4.27. The smallest absolute Gasteiger partial charge is 0.191 e. The summed E-state index contributed by atoms with van der Waals surface area (Å²) < 4.78 is 5.32. The highest BCUT2D eigenvalue weighted by Crippen LogP contribution is 2.26. The van der Waals surface area contributed by atoms with E-state index in [9.17, 15) is 0 Å². The lowest BCUT2D eigenvalue weighted by Gasteiger charge is -2.29. The molecular formula is C22H37N5O. The Morgan fingerprint density at radius 2 is 1.71 bits per heavy atom. The lowest BCUT2D eigenvalue weighted by molar-refractivity contribution is 0.245. The van der Waals surface area contributed by atoms with Crippen LogP contribution in [0, 0.1) is 0 Å². The largest absolute Gasteiger partial charge is 0.497 e. The number of ether oxygens (including phenoxy) is 1. The van der Waals surface area contributed by atoms with Gasteiger partial charge in [0.25, 0.3) is 0 Å². The third kappa shape index (κ3) is 6.11. The Morgan fingerprint density at radius 1 is 1.04 bits per heavy atom. The van der Waals surface area contributed by atoms with Gasteiger partial charge in [0.1, 0.15) is 5.75 Å². The number of rotatable bonds is 9. The van der Waals surface area contributed by atoms with Crippen LogP contribution in [0.4, 0.5) is 0 Å². The van der Waals surface area contributed by atoms with E-state index >= 15 is 0 Å². The molecule has 0 aliphatic carbocycles. The van der Waals surface area contributed by atoms with E-state index in [4.69, 9.17) is 4.74 Å². The van der Waals surface area contributed by atoms with E-state index in [1.165, 1.54) is 64.0 Å². The number of hydrogen-bond acceptors (Lipinski definition) is 4. The number of likely N-dealkylation sites (tertiary alicyclic amines) is 2. The van der Waals surface area contributed by atoms with Gasteiger partial charge < -0.3 is 20.3 Å². The van der Waals surface area contributed by atoms with Gasteiger partial charge in [-0.3, -0.25) is 9.89 Å².